The van der Waals surface area contributed by atoms with Crippen LogP contribution in [-0.4, -0.2) is 25.3 Å². The molecule has 1 fully saturated rings. The Balaban J connectivity index is 2.20. The molecule has 2 nitrogen and oxygen atoms in total. The van der Waals surface area contributed by atoms with Crippen LogP contribution in [0.1, 0.15) is 0 Å². The number of ether oxygens (including phenoxy) is 1. The third-order valence-corrected chi connectivity index (χ3v) is 1.63. The summed E-state index contributed by atoms with van der Waals surface area (Å²) in [5.41, 5.74) is 0. The second-order valence-electron chi connectivity index (χ2n) is 2.27. The van der Waals surface area contributed by atoms with Crippen molar-refractivity contribution in [3.8, 4) is 0 Å². The Bertz CT molecular complexity index is 99.7. The van der Waals surface area contributed by atoms with Crippen LogP contribution in [0, 0.1) is 0 Å². The zero-order chi connectivity index (χ0) is 5.40. The van der Waals surface area contributed by atoms with E-state index >= 15 is 0 Å². The van der Waals surface area contributed by atoms with Crippen molar-refractivity contribution in [2.24, 2.45) is 0 Å². The van der Waals surface area contributed by atoms with Gasteiger partial charge in [0.2, 0.25) is 0 Å². The third kappa shape index (κ3) is 0.572. The maximum Gasteiger partial charge on any atom is 0.0881 e. The molecule has 8 heavy (non-hydrogen) atoms. The summed E-state index contributed by atoms with van der Waals surface area (Å²) in [6, 6.07) is 0.500. The first-order valence-corrected chi connectivity index (χ1v) is 2.98. The Hall–Kier alpha value is -0.340. The van der Waals surface area contributed by atoms with Gasteiger partial charge in [-0.2, -0.15) is 0 Å². The Kier molecular flexibility index (Phi) is 0.889. The molecule has 2 bridgehead atoms. The van der Waals surface area contributed by atoms with Crippen molar-refractivity contribution in [3.63, 3.8) is 0 Å². The van der Waals surface area contributed by atoms with E-state index in [4.69, 9.17) is 4.74 Å². The monoisotopic (exact) mass is 111 g/mol. The van der Waals surface area contributed by atoms with E-state index in [-0.39, 0.29) is 0 Å². The molecule has 3 aliphatic heterocycles. The van der Waals surface area contributed by atoms with Crippen molar-refractivity contribution in [1.29, 1.82) is 0 Å². The van der Waals surface area contributed by atoms with Gasteiger partial charge in [0.15, 0.2) is 0 Å². The largest absolute Gasteiger partial charge is 0.371 e. The van der Waals surface area contributed by atoms with Crippen LogP contribution in [-0.2, 0) is 4.74 Å². The molecular weight excluding hydrogens is 102 g/mol. The minimum absolute atomic E-state index is 0.361. The molecule has 2 heteroatoms. The molecule has 44 valence electrons. The topological polar surface area (TPSA) is 21.3 Å². The number of rotatable bonds is 0. The molecule has 0 amide bonds. The first-order chi connectivity index (χ1) is 3.95. The molecule has 3 rings (SSSR count). The maximum atomic E-state index is 5.33. The summed E-state index contributed by atoms with van der Waals surface area (Å²) < 4.78 is 5.33. The predicted molar refractivity (Wildman–Crippen MR) is 30.7 cm³/mol. The highest BCUT2D eigenvalue weighted by Crippen LogP contribution is 2.09. The van der Waals surface area contributed by atoms with E-state index in [0.717, 1.165) is 13.2 Å². The van der Waals surface area contributed by atoms with Crippen molar-refractivity contribution in [2.75, 3.05) is 13.2 Å². The van der Waals surface area contributed by atoms with Gasteiger partial charge in [-0.25, -0.2) is 0 Å². The van der Waals surface area contributed by atoms with Gasteiger partial charge in [-0.1, -0.05) is 12.2 Å². The molecular formula is C6H9NO. The van der Waals surface area contributed by atoms with Crippen LogP contribution in [0.5, 0.6) is 0 Å². The lowest BCUT2D eigenvalue weighted by Crippen LogP contribution is -2.48. The SMILES string of the molecule is C1=CC2CNC1CO2. The normalized spacial score (nSPS) is 43.0. The summed E-state index contributed by atoms with van der Waals surface area (Å²) in [4.78, 5) is 0. The van der Waals surface area contributed by atoms with E-state index in [1.54, 1.807) is 0 Å². The highest BCUT2D eigenvalue weighted by Gasteiger charge is 2.21. The number of nitrogens with one attached hydrogen (secondary N) is 1. The quantitative estimate of drug-likeness (QED) is 0.441. The van der Waals surface area contributed by atoms with Crippen molar-refractivity contribution >= 4 is 0 Å². The first-order valence-electron chi connectivity index (χ1n) is 2.98. The zero-order valence-corrected chi connectivity index (χ0v) is 4.63. The minimum Gasteiger partial charge on any atom is -0.371 e. The average molecular weight is 111 g/mol. The molecule has 0 aliphatic carbocycles. The van der Waals surface area contributed by atoms with Gasteiger partial charge in [-0.05, 0) is 0 Å². The van der Waals surface area contributed by atoms with Crippen LogP contribution < -0.4 is 5.32 Å². The Morgan fingerprint density at radius 3 is 2.62 bits per heavy atom. The number of morpholine rings is 1. The van der Waals surface area contributed by atoms with E-state index in [1.165, 1.54) is 0 Å². The van der Waals surface area contributed by atoms with Gasteiger partial charge in [0.05, 0.1) is 12.7 Å². The van der Waals surface area contributed by atoms with E-state index in [2.05, 4.69) is 17.5 Å². The van der Waals surface area contributed by atoms with Crippen molar-refractivity contribution < 1.29 is 4.74 Å². The van der Waals surface area contributed by atoms with E-state index in [0.29, 0.717) is 12.1 Å². The second kappa shape index (κ2) is 1.57. The van der Waals surface area contributed by atoms with Crippen molar-refractivity contribution in [1.82, 2.24) is 5.32 Å². The van der Waals surface area contributed by atoms with Crippen LogP contribution in [0.2, 0.25) is 0 Å². The molecule has 0 radical (unpaired) electrons. The molecule has 0 saturated carbocycles. The van der Waals surface area contributed by atoms with E-state index in [1.807, 2.05) is 0 Å². The molecule has 2 unspecified atom stereocenters. The zero-order valence-electron chi connectivity index (χ0n) is 4.63. The smallest absolute Gasteiger partial charge is 0.0881 e. The van der Waals surface area contributed by atoms with Crippen LogP contribution in [0.15, 0.2) is 12.2 Å². The Morgan fingerprint density at radius 1 is 1.50 bits per heavy atom. The van der Waals surface area contributed by atoms with Gasteiger partial charge < -0.3 is 10.1 Å². The Labute approximate surface area is 48.5 Å². The molecule has 0 spiro atoms. The third-order valence-electron chi connectivity index (χ3n) is 1.63. The summed E-state index contributed by atoms with van der Waals surface area (Å²) in [7, 11) is 0. The lowest BCUT2D eigenvalue weighted by atomic mass is 10.1. The minimum atomic E-state index is 0.361. The fourth-order valence-electron chi connectivity index (χ4n) is 1.12. The molecule has 0 aromatic carbocycles. The average Bonchev–Trinajstić information content (AvgIpc) is 1.92. The standard InChI is InChI=1S/C6H9NO/c1-2-6-3-7-5(1)4-8-6/h1-2,5-7H,3-4H2. The molecule has 3 aliphatic rings. The van der Waals surface area contributed by atoms with Gasteiger partial charge in [-0.15, -0.1) is 0 Å². The predicted octanol–water partition coefficient (Wildman–Crippen LogP) is -0.0868. The number of hydrogen-bond acceptors (Lipinski definition) is 2. The maximum absolute atomic E-state index is 5.33. The van der Waals surface area contributed by atoms with Gasteiger partial charge in [-0.3, -0.25) is 0 Å². The van der Waals surface area contributed by atoms with E-state index < -0.39 is 0 Å². The van der Waals surface area contributed by atoms with Gasteiger partial charge in [0, 0.05) is 12.6 Å². The van der Waals surface area contributed by atoms with Crippen LogP contribution >= 0.6 is 0 Å². The number of fused-ring (bicyclic) bond motifs is 2. The molecule has 0 aromatic heterocycles. The van der Waals surface area contributed by atoms with Gasteiger partial charge >= 0.3 is 0 Å². The second-order valence-corrected chi connectivity index (χ2v) is 2.27. The molecule has 3 heterocycles. The summed E-state index contributed by atoms with van der Waals surface area (Å²) in [6.07, 6.45) is 4.67. The molecule has 1 saturated heterocycles. The van der Waals surface area contributed by atoms with Gasteiger partial charge in [0.25, 0.3) is 0 Å². The van der Waals surface area contributed by atoms with Crippen molar-refractivity contribution in [3.05, 3.63) is 12.2 Å². The Morgan fingerprint density at radius 2 is 2.50 bits per heavy atom. The molecule has 2 atom stereocenters. The fourth-order valence-corrected chi connectivity index (χ4v) is 1.12. The highest BCUT2D eigenvalue weighted by atomic mass is 16.5. The number of hydrogen-bond donors (Lipinski definition) is 1. The summed E-state index contributed by atoms with van der Waals surface area (Å²) in [5, 5.41) is 3.31. The van der Waals surface area contributed by atoms with Crippen LogP contribution in [0.3, 0.4) is 0 Å². The summed E-state index contributed by atoms with van der Waals surface area (Å²) in [5.74, 6) is 0. The van der Waals surface area contributed by atoms with Crippen LogP contribution in [0.25, 0.3) is 0 Å². The molecule has 0 aromatic rings. The van der Waals surface area contributed by atoms with E-state index in [9.17, 15) is 0 Å². The van der Waals surface area contributed by atoms with Crippen LogP contribution in [0.4, 0.5) is 0 Å². The summed E-state index contributed by atoms with van der Waals surface area (Å²) >= 11 is 0. The fraction of sp³-hybridized carbons (Fsp3) is 0.667. The highest BCUT2D eigenvalue weighted by molar-refractivity contribution is 5.07. The van der Waals surface area contributed by atoms with Gasteiger partial charge in [0.1, 0.15) is 0 Å². The lowest BCUT2D eigenvalue weighted by molar-refractivity contribution is 0.0310. The summed E-state index contributed by atoms with van der Waals surface area (Å²) in [6.45, 7) is 1.86. The van der Waals surface area contributed by atoms with Crippen molar-refractivity contribution in [2.45, 2.75) is 12.1 Å². The molecule has 1 N–H and O–H groups in total. The lowest BCUT2D eigenvalue weighted by Gasteiger charge is -2.31. The first kappa shape index (κ1) is 4.53.